The highest BCUT2D eigenvalue weighted by Gasteiger charge is 2.26. The van der Waals surface area contributed by atoms with Gasteiger partial charge in [0.2, 0.25) is 5.91 Å². The monoisotopic (exact) mass is 391 g/mol. The van der Waals surface area contributed by atoms with Gasteiger partial charge in [-0.3, -0.25) is 4.79 Å². The molecular weight excluding hydrogens is 361 g/mol. The van der Waals surface area contributed by atoms with Gasteiger partial charge in [-0.25, -0.2) is 0 Å². The summed E-state index contributed by atoms with van der Waals surface area (Å²) >= 11 is 0. The number of anilines is 1. The summed E-state index contributed by atoms with van der Waals surface area (Å²) < 4.78 is 0. The molecule has 1 aromatic heterocycles. The third-order valence-corrected chi connectivity index (χ3v) is 4.56. The number of likely N-dealkylation sites (N-methyl/N-ethyl adjacent to an activating group) is 1. The third-order valence-electron chi connectivity index (χ3n) is 4.56. The summed E-state index contributed by atoms with van der Waals surface area (Å²) in [6.45, 7) is 2.57. The fourth-order valence-corrected chi connectivity index (χ4v) is 3.10. The van der Waals surface area contributed by atoms with E-state index in [1.807, 2.05) is 24.1 Å². The minimum Gasteiger partial charge on any atom is -0.353 e. The minimum absolute atomic E-state index is 0. The van der Waals surface area contributed by atoms with Crippen molar-refractivity contribution in [3.63, 3.8) is 0 Å². The molecule has 1 amide bonds. The lowest BCUT2D eigenvalue weighted by Gasteiger charge is -2.38. The summed E-state index contributed by atoms with van der Waals surface area (Å²) in [7, 11) is 1.94. The zero-order chi connectivity index (χ0) is 16.5. The third kappa shape index (κ3) is 7.75. The Morgan fingerprint density at radius 1 is 1.32 bits per heavy atom. The highest BCUT2D eigenvalue weighted by atomic mass is 35.5. The van der Waals surface area contributed by atoms with Crippen molar-refractivity contribution in [2.75, 3.05) is 31.6 Å². The number of amides is 1. The summed E-state index contributed by atoms with van der Waals surface area (Å²) in [5.74, 6) is 1.16. The second kappa shape index (κ2) is 13.1. The van der Waals surface area contributed by atoms with Gasteiger partial charge in [-0.1, -0.05) is 12.8 Å². The standard InChI is InChI=1S/C17H29N5O.2ClH/c1-21(17(23)10-4-2-3-5-11-18)15-8-7-13-22(14-15)16-9-6-12-19-20-16;;/h6,9,12,15H,2-5,7-8,10-11,13-14,18H2,1H3;2*1H. The predicted octanol–water partition coefficient (Wildman–Crippen LogP) is 2.66. The predicted molar refractivity (Wildman–Crippen MR) is 107 cm³/mol. The molecular formula is C17H31Cl2N5O. The molecule has 0 aromatic carbocycles. The van der Waals surface area contributed by atoms with E-state index >= 15 is 0 Å². The summed E-state index contributed by atoms with van der Waals surface area (Å²) in [6.07, 6.45) is 8.70. The van der Waals surface area contributed by atoms with Crippen LogP contribution in [0, 0.1) is 0 Å². The van der Waals surface area contributed by atoms with Crippen molar-refractivity contribution in [2.24, 2.45) is 5.73 Å². The second-order valence-corrected chi connectivity index (χ2v) is 6.28. The van der Waals surface area contributed by atoms with E-state index in [-0.39, 0.29) is 36.8 Å². The van der Waals surface area contributed by atoms with Crippen LogP contribution in [-0.4, -0.2) is 53.7 Å². The van der Waals surface area contributed by atoms with Crippen molar-refractivity contribution in [1.29, 1.82) is 0 Å². The van der Waals surface area contributed by atoms with Crippen LogP contribution in [0.4, 0.5) is 5.82 Å². The first-order chi connectivity index (χ1) is 11.2. The van der Waals surface area contributed by atoms with E-state index in [1.165, 1.54) is 0 Å². The fraction of sp³-hybridized carbons (Fsp3) is 0.706. The number of nitrogens with zero attached hydrogens (tertiary/aromatic N) is 4. The Morgan fingerprint density at radius 2 is 2.08 bits per heavy atom. The van der Waals surface area contributed by atoms with Crippen molar-refractivity contribution >= 4 is 36.5 Å². The number of halogens is 2. The molecule has 0 radical (unpaired) electrons. The Kier molecular flexibility index (Phi) is 12.6. The van der Waals surface area contributed by atoms with Crippen molar-refractivity contribution in [1.82, 2.24) is 15.1 Å². The second-order valence-electron chi connectivity index (χ2n) is 6.28. The number of hydrogen-bond donors (Lipinski definition) is 1. The Bertz CT molecular complexity index is 477. The zero-order valence-corrected chi connectivity index (χ0v) is 16.6. The molecule has 1 unspecified atom stereocenters. The molecule has 1 fully saturated rings. The lowest BCUT2D eigenvalue weighted by atomic mass is 10.0. The van der Waals surface area contributed by atoms with Gasteiger partial charge in [-0.2, -0.15) is 5.10 Å². The number of aromatic nitrogens is 2. The molecule has 1 saturated heterocycles. The van der Waals surface area contributed by atoms with Crippen molar-refractivity contribution < 1.29 is 4.79 Å². The van der Waals surface area contributed by atoms with E-state index in [4.69, 9.17) is 5.73 Å². The number of unbranched alkanes of at least 4 members (excludes halogenated alkanes) is 3. The lowest BCUT2D eigenvalue weighted by molar-refractivity contribution is -0.132. The lowest BCUT2D eigenvalue weighted by Crippen LogP contribution is -2.48. The topological polar surface area (TPSA) is 75.3 Å². The van der Waals surface area contributed by atoms with Crippen molar-refractivity contribution in [2.45, 2.75) is 51.0 Å². The van der Waals surface area contributed by atoms with E-state index in [1.54, 1.807) is 6.20 Å². The Hall–Kier alpha value is -1.11. The molecule has 1 aliphatic rings. The normalized spacial score (nSPS) is 16.6. The summed E-state index contributed by atoms with van der Waals surface area (Å²) in [5, 5.41) is 8.13. The SMILES string of the molecule is CN(C(=O)CCCCCCN)C1CCCN(c2cccnn2)C1.Cl.Cl. The highest BCUT2D eigenvalue weighted by Crippen LogP contribution is 2.20. The van der Waals surface area contributed by atoms with Crippen LogP contribution in [0.1, 0.15) is 44.9 Å². The molecule has 0 saturated carbocycles. The molecule has 2 rings (SSSR count). The smallest absolute Gasteiger partial charge is 0.222 e. The summed E-state index contributed by atoms with van der Waals surface area (Å²) in [4.78, 5) is 16.5. The van der Waals surface area contributed by atoms with Gasteiger partial charge in [-0.15, -0.1) is 29.9 Å². The molecule has 0 aliphatic carbocycles. The van der Waals surface area contributed by atoms with Crippen LogP contribution in [0.3, 0.4) is 0 Å². The van der Waals surface area contributed by atoms with Crippen molar-refractivity contribution in [3.8, 4) is 0 Å². The molecule has 8 heteroatoms. The molecule has 1 aliphatic heterocycles. The van der Waals surface area contributed by atoms with Gasteiger partial charge in [-0.05, 0) is 44.4 Å². The number of nitrogens with two attached hydrogens (primary N) is 1. The number of hydrogen-bond acceptors (Lipinski definition) is 5. The molecule has 0 spiro atoms. The fourth-order valence-electron chi connectivity index (χ4n) is 3.10. The van der Waals surface area contributed by atoms with E-state index in [9.17, 15) is 4.79 Å². The van der Waals surface area contributed by atoms with Gasteiger partial charge in [0.1, 0.15) is 0 Å². The molecule has 25 heavy (non-hydrogen) atoms. The van der Waals surface area contributed by atoms with Gasteiger partial charge >= 0.3 is 0 Å². The molecule has 0 bridgehead atoms. The maximum atomic E-state index is 12.4. The van der Waals surface area contributed by atoms with E-state index in [0.717, 1.165) is 64.0 Å². The van der Waals surface area contributed by atoms with Gasteiger partial charge in [0.25, 0.3) is 0 Å². The molecule has 2 N–H and O–H groups in total. The molecule has 1 atom stereocenters. The van der Waals surface area contributed by atoms with Crippen LogP contribution in [0.25, 0.3) is 0 Å². The van der Waals surface area contributed by atoms with E-state index in [0.29, 0.717) is 6.42 Å². The van der Waals surface area contributed by atoms with Crippen LogP contribution in [-0.2, 0) is 4.79 Å². The number of carbonyl (C=O) groups is 1. The largest absolute Gasteiger partial charge is 0.353 e. The van der Waals surface area contributed by atoms with Crippen LogP contribution in [0.2, 0.25) is 0 Å². The molecule has 1 aromatic rings. The highest BCUT2D eigenvalue weighted by molar-refractivity contribution is 5.85. The van der Waals surface area contributed by atoms with Gasteiger partial charge < -0.3 is 15.5 Å². The van der Waals surface area contributed by atoms with Gasteiger partial charge in [0.05, 0.1) is 0 Å². The number of rotatable bonds is 8. The number of piperidine rings is 1. The first-order valence-electron chi connectivity index (χ1n) is 8.70. The minimum atomic E-state index is 0. The summed E-state index contributed by atoms with van der Waals surface area (Å²) in [6, 6.07) is 4.15. The van der Waals surface area contributed by atoms with Crippen LogP contribution < -0.4 is 10.6 Å². The van der Waals surface area contributed by atoms with Gasteiger partial charge in [0, 0.05) is 38.8 Å². The van der Waals surface area contributed by atoms with Crippen molar-refractivity contribution in [3.05, 3.63) is 18.3 Å². The molecule has 144 valence electrons. The molecule has 2 heterocycles. The maximum absolute atomic E-state index is 12.4. The van der Waals surface area contributed by atoms with Crippen LogP contribution in [0.15, 0.2) is 18.3 Å². The number of carbonyl (C=O) groups excluding carboxylic acids is 1. The summed E-state index contributed by atoms with van der Waals surface area (Å²) in [5.41, 5.74) is 5.49. The average Bonchev–Trinajstić information content (AvgIpc) is 2.61. The van der Waals surface area contributed by atoms with Gasteiger partial charge in [0.15, 0.2) is 5.82 Å². The maximum Gasteiger partial charge on any atom is 0.222 e. The Morgan fingerprint density at radius 3 is 2.76 bits per heavy atom. The first-order valence-corrected chi connectivity index (χ1v) is 8.70. The molecule has 6 nitrogen and oxygen atoms in total. The van der Waals surface area contributed by atoms with Crippen LogP contribution in [0.5, 0.6) is 0 Å². The van der Waals surface area contributed by atoms with Crippen LogP contribution >= 0.6 is 24.8 Å². The van der Waals surface area contributed by atoms with E-state index in [2.05, 4.69) is 15.1 Å². The Labute approximate surface area is 163 Å². The average molecular weight is 392 g/mol. The Balaban J connectivity index is 0.00000288. The first kappa shape index (κ1) is 23.9. The quantitative estimate of drug-likeness (QED) is 0.689. The van der Waals surface area contributed by atoms with E-state index < -0.39 is 0 Å². The zero-order valence-electron chi connectivity index (χ0n) is 15.0.